The first-order valence-corrected chi connectivity index (χ1v) is 7.17. The molecule has 1 rings (SSSR count). The molecule has 0 spiro atoms. The minimum Gasteiger partial charge on any atom is -0.384 e. The monoisotopic (exact) mass is 242 g/mol. The molecule has 1 aliphatic rings. The highest BCUT2D eigenvalue weighted by Gasteiger charge is 2.30. The molecule has 1 fully saturated rings. The average molecular weight is 242 g/mol. The lowest BCUT2D eigenvalue weighted by Gasteiger charge is -2.37. The third kappa shape index (κ3) is 4.57. The maximum Gasteiger partial charge on any atom is 0.0488 e. The Labute approximate surface area is 106 Å². The van der Waals surface area contributed by atoms with Crippen molar-refractivity contribution in [3.8, 4) is 0 Å². The van der Waals surface area contributed by atoms with Gasteiger partial charge in [0.05, 0.1) is 0 Å². The van der Waals surface area contributed by atoms with Gasteiger partial charge >= 0.3 is 0 Å². The van der Waals surface area contributed by atoms with E-state index in [1.807, 2.05) is 0 Å². The number of hydrazine groups is 1. The minimum absolute atomic E-state index is 0.463. The van der Waals surface area contributed by atoms with Crippen LogP contribution in [0.15, 0.2) is 0 Å². The van der Waals surface area contributed by atoms with E-state index in [0.29, 0.717) is 12.0 Å². The molecule has 4 unspecified atom stereocenters. The molecule has 0 aliphatic heterocycles. The molecule has 3 nitrogen and oxygen atoms in total. The van der Waals surface area contributed by atoms with Gasteiger partial charge in [0.1, 0.15) is 0 Å². The first-order chi connectivity index (χ1) is 8.22. The van der Waals surface area contributed by atoms with Crippen LogP contribution in [0.5, 0.6) is 0 Å². The maximum atomic E-state index is 5.77. The van der Waals surface area contributed by atoms with Crippen LogP contribution in [-0.4, -0.2) is 19.8 Å². The SMILES string of the molecule is CCC1CCCCC1C(CC(C)COC)NN. The minimum atomic E-state index is 0.463. The number of nitrogens with one attached hydrogen (secondary N) is 1. The van der Waals surface area contributed by atoms with Gasteiger partial charge in [0.15, 0.2) is 0 Å². The Morgan fingerprint density at radius 3 is 2.65 bits per heavy atom. The molecule has 0 bridgehead atoms. The van der Waals surface area contributed by atoms with Crippen molar-refractivity contribution in [2.45, 2.75) is 58.4 Å². The van der Waals surface area contributed by atoms with Crippen LogP contribution in [0, 0.1) is 17.8 Å². The number of methoxy groups -OCH3 is 1. The van der Waals surface area contributed by atoms with Crippen molar-refractivity contribution in [2.24, 2.45) is 23.6 Å². The molecule has 0 aromatic carbocycles. The van der Waals surface area contributed by atoms with Crippen LogP contribution < -0.4 is 11.3 Å². The first-order valence-electron chi connectivity index (χ1n) is 7.17. The van der Waals surface area contributed by atoms with Gasteiger partial charge < -0.3 is 4.74 Å². The van der Waals surface area contributed by atoms with E-state index in [9.17, 15) is 0 Å². The summed E-state index contributed by atoms with van der Waals surface area (Å²) in [5.74, 6) is 7.98. The molecule has 17 heavy (non-hydrogen) atoms. The van der Waals surface area contributed by atoms with Gasteiger partial charge in [0.25, 0.3) is 0 Å². The maximum absolute atomic E-state index is 5.77. The highest BCUT2D eigenvalue weighted by Crippen LogP contribution is 2.35. The van der Waals surface area contributed by atoms with Crippen LogP contribution in [0.1, 0.15) is 52.4 Å². The molecule has 0 aromatic heterocycles. The van der Waals surface area contributed by atoms with Crippen molar-refractivity contribution in [3.05, 3.63) is 0 Å². The molecule has 102 valence electrons. The van der Waals surface area contributed by atoms with Crippen molar-refractivity contribution in [3.63, 3.8) is 0 Å². The van der Waals surface area contributed by atoms with Crippen molar-refractivity contribution < 1.29 is 4.74 Å². The van der Waals surface area contributed by atoms with E-state index < -0.39 is 0 Å². The summed E-state index contributed by atoms with van der Waals surface area (Å²) in [7, 11) is 1.77. The fourth-order valence-electron chi connectivity index (χ4n) is 3.43. The number of ether oxygens (including phenoxy) is 1. The average Bonchev–Trinajstić information content (AvgIpc) is 2.36. The van der Waals surface area contributed by atoms with E-state index in [-0.39, 0.29) is 0 Å². The molecule has 3 N–H and O–H groups in total. The number of rotatable bonds is 7. The molecule has 3 heteroatoms. The number of hydrogen-bond donors (Lipinski definition) is 2. The first kappa shape index (κ1) is 14.9. The zero-order chi connectivity index (χ0) is 12.7. The largest absolute Gasteiger partial charge is 0.384 e. The van der Waals surface area contributed by atoms with Crippen LogP contribution >= 0.6 is 0 Å². The van der Waals surface area contributed by atoms with E-state index in [1.165, 1.54) is 32.1 Å². The van der Waals surface area contributed by atoms with E-state index >= 15 is 0 Å². The zero-order valence-corrected chi connectivity index (χ0v) is 11.7. The fourth-order valence-corrected chi connectivity index (χ4v) is 3.43. The second-order valence-corrected chi connectivity index (χ2v) is 5.69. The van der Waals surface area contributed by atoms with Crippen LogP contribution in [-0.2, 0) is 4.74 Å². The number of hydrogen-bond acceptors (Lipinski definition) is 3. The highest BCUT2D eigenvalue weighted by atomic mass is 16.5. The molecule has 0 aromatic rings. The zero-order valence-electron chi connectivity index (χ0n) is 11.7. The standard InChI is InChI=1S/C14H30N2O/c1-4-12-7-5-6-8-13(12)14(16-15)9-11(2)10-17-3/h11-14,16H,4-10,15H2,1-3H3. The lowest BCUT2D eigenvalue weighted by Crippen LogP contribution is -2.45. The molecular weight excluding hydrogens is 212 g/mol. The summed E-state index contributed by atoms with van der Waals surface area (Å²) in [4.78, 5) is 0. The third-order valence-corrected chi connectivity index (χ3v) is 4.33. The van der Waals surface area contributed by atoms with Gasteiger partial charge in [-0.1, -0.05) is 39.5 Å². The smallest absolute Gasteiger partial charge is 0.0488 e. The van der Waals surface area contributed by atoms with Crippen molar-refractivity contribution in [1.29, 1.82) is 0 Å². The topological polar surface area (TPSA) is 47.3 Å². The molecule has 1 aliphatic carbocycles. The normalized spacial score (nSPS) is 28.9. The highest BCUT2D eigenvalue weighted by molar-refractivity contribution is 4.84. The Morgan fingerprint density at radius 1 is 1.35 bits per heavy atom. The van der Waals surface area contributed by atoms with Gasteiger partial charge in [-0.05, 0) is 30.6 Å². The Hall–Kier alpha value is -0.120. The Bertz CT molecular complexity index is 199. The predicted molar refractivity (Wildman–Crippen MR) is 72.5 cm³/mol. The summed E-state index contributed by atoms with van der Waals surface area (Å²) >= 11 is 0. The Kier molecular flexibility index (Phi) is 7.09. The van der Waals surface area contributed by atoms with E-state index in [2.05, 4.69) is 19.3 Å². The molecule has 4 atom stereocenters. The quantitative estimate of drug-likeness (QED) is 0.533. The predicted octanol–water partition coefficient (Wildman–Crippen LogP) is 2.71. The second kappa shape index (κ2) is 8.06. The van der Waals surface area contributed by atoms with E-state index in [0.717, 1.165) is 24.9 Å². The van der Waals surface area contributed by atoms with Gasteiger partial charge in [-0.2, -0.15) is 0 Å². The summed E-state index contributed by atoms with van der Waals surface area (Å²) in [6, 6.07) is 0.463. The summed E-state index contributed by atoms with van der Waals surface area (Å²) < 4.78 is 5.22. The molecule has 0 radical (unpaired) electrons. The lowest BCUT2D eigenvalue weighted by atomic mass is 9.72. The number of nitrogens with two attached hydrogens (primary N) is 1. The van der Waals surface area contributed by atoms with Gasteiger partial charge in [-0.25, -0.2) is 0 Å². The van der Waals surface area contributed by atoms with Crippen LogP contribution in [0.3, 0.4) is 0 Å². The molecule has 0 amide bonds. The van der Waals surface area contributed by atoms with Crippen LogP contribution in [0.2, 0.25) is 0 Å². The van der Waals surface area contributed by atoms with Gasteiger partial charge in [0, 0.05) is 19.8 Å². The van der Waals surface area contributed by atoms with Gasteiger partial charge in [0.2, 0.25) is 0 Å². The van der Waals surface area contributed by atoms with Crippen LogP contribution in [0.4, 0.5) is 0 Å². The summed E-state index contributed by atoms with van der Waals surface area (Å²) in [5, 5.41) is 0. The molecule has 0 saturated heterocycles. The fraction of sp³-hybridized carbons (Fsp3) is 1.00. The third-order valence-electron chi connectivity index (χ3n) is 4.33. The molecular formula is C14H30N2O. The lowest BCUT2D eigenvalue weighted by molar-refractivity contribution is 0.119. The second-order valence-electron chi connectivity index (χ2n) is 5.69. The Balaban J connectivity index is 2.51. The Morgan fingerprint density at radius 2 is 2.06 bits per heavy atom. The summed E-state index contributed by atoms with van der Waals surface area (Å²) in [6.45, 7) is 5.40. The van der Waals surface area contributed by atoms with E-state index in [4.69, 9.17) is 10.6 Å². The molecule has 0 heterocycles. The summed E-state index contributed by atoms with van der Waals surface area (Å²) in [6.07, 6.45) is 7.93. The van der Waals surface area contributed by atoms with Gasteiger partial charge in [-0.15, -0.1) is 0 Å². The van der Waals surface area contributed by atoms with Crippen molar-refractivity contribution in [2.75, 3.05) is 13.7 Å². The molecule has 1 saturated carbocycles. The summed E-state index contributed by atoms with van der Waals surface area (Å²) in [5.41, 5.74) is 3.07. The van der Waals surface area contributed by atoms with Crippen LogP contribution in [0.25, 0.3) is 0 Å². The van der Waals surface area contributed by atoms with Crippen molar-refractivity contribution in [1.82, 2.24) is 5.43 Å². The van der Waals surface area contributed by atoms with Gasteiger partial charge in [-0.3, -0.25) is 11.3 Å². The van der Waals surface area contributed by atoms with E-state index in [1.54, 1.807) is 7.11 Å². The van der Waals surface area contributed by atoms with Crippen molar-refractivity contribution >= 4 is 0 Å².